The number of rotatable bonds is 6. The van der Waals surface area contributed by atoms with Crippen molar-refractivity contribution in [2.45, 2.75) is 6.61 Å². The first kappa shape index (κ1) is 25.4. The summed E-state index contributed by atoms with van der Waals surface area (Å²) >= 11 is 24.9. The van der Waals surface area contributed by atoms with E-state index in [-0.39, 0.29) is 40.0 Å². The van der Waals surface area contributed by atoms with Crippen LogP contribution < -0.4 is 10.5 Å². The molecule has 1 heterocycles. The van der Waals surface area contributed by atoms with Gasteiger partial charge in [0.15, 0.2) is 0 Å². The van der Waals surface area contributed by atoms with Crippen LogP contribution in [0.5, 0.6) is 5.75 Å². The number of hydrogen-bond donors (Lipinski definition) is 1. The minimum atomic E-state index is 0.0650. The van der Waals surface area contributed by atoms with Gasteiger partial charge < -0.3 is 10.5 Å². The average molecular weight is 555 g/mol. The van der Waals surface area contributed by atoms with E-state index >= 15 is 0 Å². The van der Waals surface area contributed by atoms with Crippen molar-refractivity contribution in [2.75, 3.05) is 5.73 Å². The fraction of sp³-hybridized carbons (Fsp3) is 0.0385. The van der Waals surface area contributed by atoms with Crippen LogP contribution >= 0.6 is 46.4 Å². The molecule has 4 rings (SSSR count). The van der Waals surface area contributed by atoms with Crippen molar-refractivity contribution in [1.29, 1.82) is 10.5 Å². The Hall–Kier alpha value is -3.65. The van der Waals surface area contributed by atoms with Gasteiger partial charge in [-0.15, -0.1) is 0 Å². The van der Waals surface area contributed by atoms with Crippen molar-refractivity contribution in [3.8, 4) is 23.6 Å². The lowest BCUT2D eigenvalue weighted by Gasteiger charge is -2.13. The number of anilines is 1. The number of ether oxygens (including phenoxy) is 1. The highest BCUT2D eigenvalue weighted by Crippen LogP contribution is 2.37. The van der Waals surface area contributed by atoms with E-state index in [2.05, 4.69) is 11.2 Å². The zero-order valence-electron chi connectivity index (χ0n) is 18.3. The van der Waals surface area contributed by atoms with Crippen molar-refractivity contribution < 1.29 is 4.74 Å². The molecule has 0 saturated heterocycles. The number of para-hydroxylation sites is 1. The summed E-state index contributed by atoms with van der Waals surface area (Å²) in [6.45, 7) is 0.0824. The first-order valence-corrected chi connectivity index (χ1v) is 11.9. The van der Waals surface area contributed by atoms with Crippen molar-refractivity contribution >= 4 is 63.9 Å². The molecule has 6 nitrogen and oxygen atoms in total. The van der Waals surface area contributed by atoms with Gasteiger partial charge >= 0.3 is 0 Å². The van der Waals surface area contributed by atoms with Gasteiger partial charge in [0.2, 0.25) is 0 Å². The molecule has 3 aromatic carbocycles. The number of hydrogen-bond acceptors (Lipinski definition) is 5. The Bertz CT molecular complexity index is 1570. The second-order valence-corrected chi connectivity index (χ2v) is 9.16. The number of nitrogens with two attached hydrogens (primary N) is 1. The fourth-order valence-electron chi connectivity index (χ4n) is 3.43. The number of nitrogens with zero attached hydrogens (tertiary/aromatic N) is 4. The molecule has 0 radical (unpaired) electrons. The van der Waals surface area contributed by atoms with Gasteiger partial charge in [0.05, 0.1) is 16.3 Å². The maximum absolute atomic E-state index is 9.98. The van der Waals surface area contributed by atoms with Crippen LogP contribution in [0.2, 0.25) is 20.1 Å². The molecule has 0 fully saturated rings. The van der Waals surface area contributed by atoms with Crippen LogP contribution in [0.1, 0.15) is 22.4 Å². The highest BCUT2D eigenvalue weighted by Gasteiger charge is 2.21. The lowest BCUT2D eigenvalue weighted by Crippen LogP contribution is -2.02. The third-order valence-corrected chi connectivity index (χ3v) is 6.22. The fourth-order valence-corrected chi connectivity index (χ4v) is 4.46. The van der Waals surface area contributed by atoms with Crippen molar-refractivity contribution in [3.63, 3.8) is 0 Å². The highest BCUT2D eigenvalue weighted by molar-refractivity contribution is 6.36. The summed E-state index contributed by atoms with van der Waals surface area (Å²) in [7, 11) is 0. The molecule has 0 aliphatic heterocycles. The Labute approximate surface area is 227 Å². The van der Waals surface area contributed by atoms with E-state index in [9.17, 15) is 10.5 Å². The first-order valence-electron chi connectivity index (χ1n) is 10.3. The Morgan fingerprint density at radius 3 is 2.36 bits per heavy atom. The summed E-state index contributed by atoms with van der Waals surface area (Å²) in [5, 5.41) is 25.7. The predicted octanol–water partition coefficient (Wildman–Crippen LogP) is 7.58. The monoisotopic (exact) mass is 553 g/mol. The van der Waals surface area contributed by atoms with Crippen molar-refractivity contribution in [1.82, 2.24) is 9.78 Å². The number of aromatic nitrogens is 2. The predicted molar refractivity (Wildman–Crippen MR) is 143 cm³/mol. The van der Waals surface area contributed by atoms with Crippen LogP contribution in [0.15, 0.2) is 60.7 Å². The molecule has 0 atom stereocenters. The van der Waals surface area contributed by atoms with Crippen LogP contribution in [-0.4, -0.2) is 9.78 Å². The summed E-state index contributed by atoms with van der Waals surface area (Å²) in [5.74, 6) is 0.381. The number of allylic oxidation sites excluding steroid dienone is 1. The van der Waals surface area contributed by atoms with E-state index in [1.54, 1.807) is 36.4 Å². The van der Waals surface area contributed by atoms with Gasteiger partial charge in [0.25, 0.3) is 0 Å². The molecule has 10 heteroatoms. The summed E-state index contributed by atoms with van der Waals surface area (Å²) < 4.78 is 7.39. The van der Waals surface area contributed by atoms with Gasteiger partial charge in [-0.1, -0.05) is 70.7 Å². The zero-order chi connectivity index (χ0) is 25.8. The Morgan fingerprint density at radius 1 is 0.972 bits per heavy atom. The van der Waals surface area contributed by atoms with Gasteiger partial charge in [-0.05, 0) is 42.5 Å². The lowest BCUT2D eigenvalue weighted by atomic mass is 10.1. The molecule has 36 heavy (non-hydrogen) atoms. The largest absolute Gasteiger partial charge is 0.487 e. The SMILES string of the molecule is N#C/C(=C\c1cc(Cl)cc(Cl)c1OCc1ccc(Cl)cc1Cl)c1nn(-c2ccccc2)c(N)c1C#N. The number of nitrogen functional groups attached to an aromatic ring is 1. The third-order valence-electron chi connectivity index (χ3n) is 5.13. The molecular formula is C26H15Cl4N5O. The third kappa shape index (κ3) is 5.28. The molecular weight excluding hydrogens is 540 g/mol. The maximum atomic E-state index is 9.98. The van der Waals surface area contributed by atoms with E-state index in [1.807, 2.05) is 24.3 Å². The normalized spacial score (nSPS) is 11.1. The first-order chi connectivity index (χ1) is 17.3. The minimum Gasteiger partial charge on any atom is -0.487 e. The van der Waals surface area contributed by atoms with E-state index in [0.29, 0.717) is 31.9 Å². The van der Waals surface area contributed by atoms with Crippen LogP contribution in [0, 0.1) is 22.7 Å². The number of halogens is 4. The second-order valence-electron chi connectivity index (χ2n) is 7.47. The Morgan fingerprint density at radius 2 is 1.69 bits per heavy atom. The molecule has 0 saturated carbocycles. The summed E-state index contributed by atoms with van der Waals surface area (Å²) in [6, 6.07) is 21.3. The minimum absolute atomic E-state index is 0.0650. The molecule has 0 spiro atoms. The molecule has 1 aromatic heterocycles. The molecule has 0 amide bonds. The van der Waals surface area contributed by atoms with E-state index in [0.717, 1.165) is 0 Å². The molecule has 0 unspecified atom stereocenters. The van der Waals surface area contributed by atoms with Gasteiger partial charge in [-0.2, -0.15) is 15.6 Å². The van der Waals surface area contributed by atoms with Crippen LogP contribution in [-0.2, 0) is 6.61 Å². The second kappa shape index (κ2) is 11.0. The molecule has 0 aliphatic carbocycles. The maximum Gasteiger partial charge on any atom is 0.145 e. The van der Waals surface area contributed by atoms with Gasteiger partial charge in [-0.3, -0.25) is 0 Å². The van der Waals surface area contributed by atoms with E-state index in [4.69, 9.17) is 56.9 Å². The lowest BCUT2D eigenvalue weighted by molar-refractivity contribution is 0.306. The van der Waals surface area contributed by atoms with Crippen LogP contribution in [0.25, 0.3) is 17.3 Å². The topological polar surface area (TPSA) is 101 Å². The Kier molecular flexibility index (Phi) is 7.74. The van der Waals surface area contributed by atoms with Crippen molar-refractivity contribution in [3.05, 3.63) is 103 Å². The van der Waals surface area contributed by atoms with E-state index < -0.39 is 0 Å². The standard InChI is InChI=1S/C26H15Cl4N5O/c27-18-7-6-15(22(29)10-18)14-36-25-16(9-19(28)11-23(25)30)8-17(12-31)24-21(13-32)26(33)35(34-24)20-4-2-1-3-5-20/h1-11H,14,33H2/b17-8+. The Balaban J connectivity index is 1.78. The molecule has 178 valence electrons. The van der Waals surface area contributed by atoms with Gasteiger partial charge in [0, 0.05) is 26.2 Å². The molecule has 0 bridgehead atoms. The molecule has 2 N–H and O–H groups in total. The van der Waals surface area contributed by atoms with Crippen molar-refractivity contribution in [2.24, 2.45) is 0 Å². The highest BCUT2D eigenvalue weighted by atomic mass is 35.5. The van der Waals surface area contributed by atoms with Crippen LogP contribution in [0.4, 0.5) is 5.82 Å². The van der Waals surface area contributed by atoms with Gasteiger partial charge in [-0.25, -0.2) is 4.68 Å². The number of benzene rings is 3. The van der Waals surface area contributed by atoms with E-state index in [1.165, 1.54) is 16.8 Å². The smallest absolute Gasteiger partial charge is 0.145 e. The zero-order valence-corrected chi connectivity index (χ0v) is 21.4. The van der Waals surface area contributed by atoms with Gasteiger partial charge in [0.1, 0.15) is 41.6 Å². The molecule has 0 aliphatic rings. The summed E-state index contributed by atoms with van der Waals surface area (Å²) in [6.07, 6.45) is 1.49. The quantitative estimate of drug-likeness (QED) is 0.247. The molecule has 4 aromatic rings. The summed E-state index contributed by atoms with van der Waals surface area (Å²) in [4.78, 5) is 0. The summed E-state index contributed by atoms with van der Waals surface area (Å²) in [5.41, 5.74) is 8.19. The number of nitriles is 2. The van der Waals surface area contributed by atoms with Crippen LogP contribution in [0.3, 0.4) is 0 Å². The average Bonchev–Trinajstić information content (AvgIpc) is 3.19.